The first kappa shape index (κ1) is 12.3. The molecule has 0 aliphatic carbocycles. The second-order valence-electron chi connectivity index (χ2n) is 4.73. The van der Waals surface area contributed by atoms with Crippen LogP contribution in [0.25, 0.3) is 22.2 Å². The van der Waals surface area contributed by atoms with Gasteiger partial charge >= 0.3 is 5.88 Å². The second-order valence-corrected chi connectivity index (χ2v) is 4.73. The fraction of sp³-hybridized carbons (Fsp3) is 0.133. The van der Waals surface area contributed by atoms with Gasteiger partial charge in [0.2, 0.25) is 0 Å². The van der Waals surface area contributed by atoms with E-state index in [9.17, 15) is 10.1 Å². The van der Waals surface area contributed by atoms with Gasteiger partial charge in [-0.25, -0.2) is 0 Å². The number of benzene rings is 1. The minimum atomic E-state index is -0.538. The second kappa shape index (κ2) is 4.45. The molecule has 0 aliphatic rings. The molecule has 0 amide bonds. The third-order valence-electron chi connectivity index (χ3n) is 3.13. The van der Waals surface area contributed by atoms with Crippen molar-refractivity contribution in [2.45, 2.75) is 13.8 Å². The molecular formula is C15H12N2O3. The Labute approximate surface area is 115 Å². The predicted molar refractivity (Wildman–Crippen MR) is 75.6 cm³/mol. The topological polar surface area (TPSA) is 69.2 Å². The largest absolute Gasteiger partial charge is 0.433 e. The van der Waals surface area contributed by atoms with Crippen molar-refractivity contribution in [1.82, 2.24) is 4.98 Å². The average molecular weight is 268 g/mol. The summed E-state index contributed by atoms with van der Waals surface area (Å²) in [6.45, 7) is 3.89. The van der Waals surface area contributed by atoms with Crippen LogP contribution in [0.4, 0.5) is 5.88 Å². The van der Waals surface area contributed by atoms with Crippen LogP contribution in [-0.2, 0) is 0 Å². The maximum absolute atomic E-state index is 10.7. The number of rotatable bonds is 2. The molecule has 0 saturated carbocycles. The van der Waals surface area contributed by atoms with E-state index in [1.807, 2.05) is 38.1 Å². The lowest BCUT2D eigenvalue weighted by atomic mass is 10.0. The molecule has 0 unspecified atom stereocenters. The molecule has 0 aliphatic heterocycles. The number of furan rings is 1. The van der Waals surface area contributed by atoms with Crippen molar-refractivity contribution in [1.29, 1.82) is 0 Å². The Morgan fingerprint density at radius 3 is 2.65 bits per heavy atom. The summed E-state index contributed by atoms with van der Waals surface area (Å²) in [4.78, 5) is 14.7. The van der Waals surface area contributed by atoms with Crippen LogP contribution in [0.1, 0.15) is 11.3 Å². The monoisotopic (exact) mass is 268 g/mol. The standard InChI is InChI=1S/C15H12N2O3/c1-9-3-4-11-12(8-10(2)16-13(11)7-9)14-5-6-15(20-14)17(18)19/h3-8H,1-2H3. The molecule has 1 aromatic carbocycles. The minimum absolute atomic E-state index is 0.255. The quantitative estimate of drug-likeness (QED) is 0.520. The van der Waals surface area contributed by atoms with Crippen LogP contribution >= 0.6 is 0 Å². The molecule has 5 heteroatoms. The molecule has 0 fully saturated rings. The summed E-state index contributed by atoms with van der Waals surface area (Å²) < 4.78 is 5.30. The molecule has 5 nitrogen and oxygen atoms in total. The molecule has 100 valence electrons. The molecule has 2 aromatic heterocycles. The highest BCUT2D eigenvalue weighted by Crippen LogP contribution is 2.32. The average Bonchev–Trinajstić information content (AvgIpc) is 2.86. The van der Waals surface area contributed by atoms with E-state index in [-0.39, 0.29) is 5.88 Å². The zero-order chi connectivity index (χ0) is 14.3. The number of hydrogen-bond acceptors (Lipinski definition) is 4. The number of nitrogens with zero attached hydrogens (tertiary/aromatic N) is 2. The number of nitro groups is 1. The van der Waals surface area contributed by atoms with Gasteiger partial charge in [-0.15, -0.1) is 0 Å². The first-order valence-electron chi connectivity index (χ1n) is 6.17. The lowest BCUT2D eigenvalue weighted by Gasteiger charge is -2.06. The van der Waals surface area contributed by atoms with E-state index in [1.165, 1.54) is 6.07 Å². The number of fused-ring (bicyclic) bond motifs is 1. The van der Waals surface area contributed by atoms with Crippen LogP contribution in [-0.4, -0.2) is 9.91 Å². The fourth-order valence-electron chi connectivity index (χ4n) is 2.25. The number of hydrogen-bond donors (Lipinski definition) is 0. The lowest BCUT2D eigenvalue weighted by Crippen LogP contribution is -1.88. The number of pyridine rings is 1. The summed E-state index contributed by atoms with van der Waals surface area (Å²) in [7, 11) is 0. The van der Waals surface area contributed by atoms with Crippen molar-refractivity contribution in [3.05, 3.63) is 57.8 Å². The highest BCUT2D eigenvalue weighted by molar-refractivity contribution is 5.93. The zero-order valence-corrected chi connectivity index (χ0v) is 11.1. The SMILES string of the molecule is Cc1ccc2c(-c3ccc([N+](=O)[O-])o3)cc(C)nc2c1. The maximum Gasteiger partial charge on any atom is 0.433 e. The van der Waals surface area contributed by atoms with Gasteiger partial charge in [-0.2, -0.15) is 0 Å². The summed E-state index contributed by atoms with van der Waals surface area (Å²) in [6.07, 6.45) is 0. The van der Waals surface area contributed by atoms with Gasteiger partial charge in [0.05, 0.1) is 11.6 Å². The molecule has 0 N–H and O–H groups in total. The van der Waals surface area contributed by atoms with Gasteiger partial charge in [-0.1, -0.05) is 12.1 Å². The van der Waals surface area contributed by atoms with Gasteiger partial charge in [-0.05, 0) is 37.6 Å². The Morgan fingerprint density at radius 1 is 1.15 bits per heavy atom. The Hall–Kier alpha value is -2.69. The summed E-state index contributed by atoms with van der Waals surface area (Å²) in [5.41, 5.74) is 3.64. The van der Waals surface area contributed by atoms with Crippen LogP contribution in [0, 0.1) is 24.0 Å². The zero-order valence-electron chi connectivity index (χ0n) is 11.1. The van der Waals surface area contributed by atoms with Crippen LogP contribution in [0.2, 0.25) is 0 Å². The third-order valence-corrected chi connectivity index (χ3v) is 3.13. The normalized spacial score (nSPS) is 10.9. The number of aromatic nitrogens is 1. The Morgan fingerprint density at radius 2 is 1.95 bits per heavy atom. The van der Waals surface area contributed by atoms with Crippen molar-refractivity contribution in [3.63, 3.8) is 0 Å². The van der Waals surface area contributed by atoms with Crippen LogP contribution in [0.5, 0.6) is 0 Å². The maximum atomic E-state index is 10.7. The molecule has 0 atom stereocenters. The van der Waals surface area contributed by atoms with E-state index in [4.69, 9.17) is 4.42 Å². The molecule has 20 heavy (non-hydrogen) atoms. The Kier molecular flexibility index (Phi) is 2.75. The predicted octanol–water partition coefficient (Wildman–Crippen LogP) is 4.02. The minimum Gasteiger partial charge on any atom is -0.401 e. The van der Waals surface area contributed by atoms with Gasteiger partial charge in [0.15, 0.2) is 0 Å². The summed E-state index contributed by atoms with van der Waals surface area (Å²) in [5.74, 6) is 0.228. The van der Waals surface area contributed by atoms with Gasteiger partial charge in [0.25, 0.3) is 0 Å². The van der Waals surface area contributed by atoms with Crippen molar-refractivity contribution in [3.8, 4) is 11.3 Å². The Bertz CT molecular complexity index is 816. The van der Waals surface area contributed by atoms with E-state index >= 15 is 0 Å². The summed E-state index contributed by atoms with van der Waals surface area (Å²) >= 11 is 0. The summed E-state index contributed by atoms with van der Waals surface area (Å²) in [6, 6.07) is 10.8. The molecule has 3 aromatic rings. The van der Waals surface area contributed by atoms with E-state index in [0.29, 0.717) is 5.76 Å². The summed E-state index contributed by atoms with van der Waals surface area (Å²) in [5, 5.41) is 11.6. The van der Waals surface area contributed by atoms with E-state index < -0.39 is 4.92 Å². The lowest BCUT2D eigenvalue weighted by molar-refractivity contribution is -0.401. The highest BCUT2D eigenvalue weighted by Gasteiger charge is 2.15. The van der Waals surface area contributed by atoms with E-state index in [0.717, 1.165) is 27.7 Å². The Balaban J connectivity index is 2.26. The van der Waals surface area contributed by atoms with Crippen molar-refractivity contribution < 1.29 is 9.34 Å². The van der Waals surface area contributed by atoms with Crippen LogP contribution in [0.15, 0.2) is 40.8 Å². The van der Waals surface area contributed by atoms with Gasteiger partial charge in [0.1, 0.15) is 10.7 Å². The molecule has 3 rings (SSSR count). The van der Waals surface area contributed by atoms with Crippen molar-refractivity contribution >= 4 is 16.8 Å². The van der Waals surface area contributed by atoms with Gasteiger partial charge in [-0.3, -0.25) is 15.1 Å². The van der Waals surface area contributed by atoms with Gasteiger partial charge < -0.3 is 4.42 Å². The highest BCUT2D eigenvalue weighted by atomic mass is 16.6. The molecule has 0 bridgehead atoms. The van der Waals surface area contributed by atoms with Crippen LogP contribution in [0.3, 0.4) is 0 Å². The molecule has 2 heterocycles. The number of aryl methyl sites for hydroxylation is 2. The van der Waals surface area contributed by atoms with Gasteiger partial charge in [0, 0.05) is 16.6 Å². The molecule has 0 spiro atoms. The van der Waals surface area contributed by atoms with Crippen molar-refractivity contribution in [2.75, 3.05) is 0 Å². The molecule has 0 saturated heterocycles. The van der Waals surface area contributed by atoms with Crippen LogP contribution < -0.4 is 0 Å². The molecule has 0 radical (unpaired) electrons. The van der Waals surface area contributed by atoms with Crippen molar-refractivity contribution in [2.24, 2.45) is 0 Å². The molecular weight excluding hydrogens is 256 g/mol. The first-order chi connectivity index (χ1) is 9.54. The first-order valence-corrected chi connectivity index (χ1v) is 6.17. The fourth-order valence-corrected chi connectivity index (χ4v) is 2.25. The van der Waals surface area contributed by atoms with E-state index in [1.54, 1.807) is 6.07 Å². The van der Waals surface area contributed by atoms with E-state index in [2.05, 4.69) is 4.98 Å². The smallest absolute Gasteiger partial charge is 0.401 e. The third kappa shape index (κ3) is 2.03.